The van der Waals surface area contributed by atoms with Gasteiger partial charge >= 0.3 is 0 Å². The summed E-state index contributed by atoms with van der Waals surface area (Å²) in [6, 6.07) is 4.93. The monoisotopic (exact) mass is 489 g/mol. The van der Waals surface area contributed by atoms with E-state index in [1.807, 2.05) is 17.8 Å². The van der Waals surface area contributed by atoms with Gasteiger partial charge in [-0.25, -0.2) is 4.52 Å². The minimum atomic E-state index is -0.0912. The molecule has 1 saturated carbocycles. The molecule has 3 fully saturated rings. The summed E-state index contributed by atoms with van der Waals surface area (Å²) in [5.41, 5.74) is 4.70. The number of amides is 1. The second-order valence-electron chi connectivity index (χ2n) is 11.3. The predicted octanol–water partition coefficient (Wildman–Crippen LogP) is 3.85. The van der Waals surface area contributed by atoms with E-state index in [2.05, 4.69) is 70.2 Å². The molecule has 0 spiro atoms. The summed E-state index contributed by atoms with van der Waals surface area (Å²) in [7, 11) is 1.88. The van der Waals surface area contributed by atoms with E-state index in [1.54, 1.807) is 0 Å². The molecule has 2 aromatic rings. The molecule has 7 nitrogen and oxygen atoms in total. The molecule has 2 aromatic heterocycles. The van der Waals surface area contributed by atoms with Gasteiger partial charge in [0, 0.05) is 82.2 Å². The second kappa shape index (κ2) is 9.34. The van der Waals surface area contributed by atoms with Crippen LogP contribution in [-0.4, -0.2) is 83.3 Å². The van der Waals surface area contributed by atoms with E-state index in [0.29, 0.717) is 23.8 Å². The van der Waals surface area contributed by atoms with Crippen LogP contribution in [0.4, 0.5) is 5.69 Å². The van der Waals surface area contributed by atoms with E-state index in [9.17, 15) is 4.79 Å². The van der Waals surface area contributed by atoms with Crippen LogP contribution in [0, 0.1) is 11.8 Å². The zero-order valence-electron chi connectivity index (χ0n) is 21.9. The highest BCUT2D eigenvalue weighted by molar-refractivity contribution is 5.83. The Hall–Kier alpha value is -2.64. The van der Waals surface area contributed by atoms with E-state index >= 15 is 0 Å². The number of hydrogen-bond donors (Lipinski definition) is 0. The van der Waals surface area contributed by atoms with Crippen LogP contribution in [0.25, 0.3) is 11.1 Å². The van der Waals surface area contributed by atoms with Crippen molar-refractivity contribution in [2.24, 2.45) is 11.8 Å². The molecule has 0 aromatic carbocycles. The number of allylic oxidation sites excluding steroid dienone is 3. The maximum atomic E-state index is 12.5. The number of hydrogen-bond acceptors (Lipinski definition) is 5. The molecule has 0 radical (unpaired) electrons. The lowest BCUT2D eigenvalue weighted by Gasteiger charge is -2.36. The Labute approximate surface area is 214 Å². The number of rotatable bonds is 6. The van der Waals surface area contributed by atoms with Crippen molar-refractivity contribution in [3.05, 3.63) is 48.3 Å². The Morgan fingerprint density at radius 1 is 1.17 bits per heavy atom. The summed E-state index contributed by atoms with van der Waals surface area (Å²) in [5.74, 6) is 1.06. The summed E-state index contributed by atoms with van der Waals surface area (Å²) in [6.07, 6.45) is 15.3. The molecule has 6 rings (SSSR count). The molecule has 4 aliphatic rings. The van der Waals surface area contributed by atoms with E-state index in [4.69, 9.17) is 4.74 Å². The average Bonchev–Trinajstić information content (AvgIpc) is 3.50. The Morgan fingerprint density at radius 3 is 2.61 bits per heavy atom. The van der Waals surface area contributed by atoms with Crippen LogP contribution in [0.3, 0.4) is 0 Å². The minimum absolute atomic E-state index is 0.0912. The molecule has 2 aliphatic heterocycles. The van der Waals surface area contributed by atoms with Gasteiger partial charge in [-0.1, -0.05) is 18.2 Å². The van der Waals surface area contributed by atoms with Crippen LogP contribution in [-0.2, 0) is 9.53 Å². The largest absolute Gasteiger partial charge is 0.376 e. The first-order chi connectivity index (χ1) is 17.5. The quantitative estimate of drug-likeness (QED) is 0.617. The van der Waals surface area contributed by atoms with E-state index in [0.717, 1.165) is 70.5 Å². The number of anilines is 1. The molecule has 1 amide bonds. The molecule has 2 aliphatic carbocycles. The third-order valence-corrected chi connectivity index (χ3v) is 8.88. The molecule has 2 atom stereocenters. The maximum Gasteiger partial charge on any atom is 0.225 e. The summed E-state index contributed by atoms with van der Waals surface area (Å²) in [4.78, 5) is 19.5. The van der Waals surface area contributed by atoms with Crippen molar-refractivity contribution < 1.29 is 9.53 Å². The number of carbonyl (C=O) groups is 1. The van der Waals surface area contributed by atoms with Crippen LogP contribution in [0.15, 0.2) is 42.8 Å². The number of piperazine rings is 1. The van der Waals surface area contributed by atoms with Crippen molar-refractivity contribution in [3.8, 4) is 0 Å². The summed E-state index contributed by atoms with van der Waals surface area (Å²) >= 11 is 0. The number of carbonyl (C=O) groups excluding carboxylic acids is 1. The van der Waals surface area contributed by atoms with Gasteiger partial charge in [0.1, 0.15) is 0 Å². The van der Waals surface area contributed by atoms with Crippen LogP contribution in [0.2, 0.25) is 0 Å². The van der Waals surface area contributed by atoms with Crippen molar-refractivity contribution in [1.82, 2.24) is 19.4 Å². The highest BCUT2D eigenvalue weighted by Gasteiger charge is 2.44. The number of likely N-dealkylation sites (tertiary alicyclic amines) is 1. The Kier molecular flexibility index (Phi) is 6.16. The van der Waals surface area contributed by atoms with Crippen LogP contribution in [0.1, 0.15) is 45.1 Å². The fraction of sp³-hybridized carbons (Fsp3) is 0.586. The van der Waals surface area contributed by atoms with Crippen molar-refractivity contribution >= 4 is 22.7 Å². The molecular weight excluding hydrogens is 450 g/mol. The molecule has 36 heavy (non-hydrogen) atoms. The Morgan fingerprint density at radius 2 is 1.97 bits per heavy atom. The first kappa shape index (κ1) is 23.7. The molecule has 4 heterocycles. The van der Waals surface area contributed by atoms with Crippen molar-refractivity contribution in [2.45, 2.75) is 51.2 Å². The van der Waals surface area contributed by atoms with Gasteiger partial charge in [0.2, 0.25) is 5.91 Å². The molecule has 192 valence electrons. The number of aromatic nitrogens is 2. The van der Waals surface area contributed by atoms with Crippen LogP contribution in [0.5, 0.6) is 0 Å². The Balaban J connectivity index is 1.17. The lowest BCUT2D eigenvalue weighted by molar-refractivity contribution is -0.132. The molecule has 2 saturated heterocycles. The zero-order valence-corrected chi connectivity index (χ0v) is 21.9. The van der Waals surface area contributed by atoms with Gasteiger partial charge in [0.25, 0.3) is 0 Å². The van der Waals surface area contributed by atoms with Gasteiger partial charge in [-0.05, 0) is 57.2 Å². The summed E-state index contributed by atoms with van der Waals surface area (Å²) < 4.78 is 8.16. The van der Waals surface area contributed by atoms with Gasteiger partial charge in [-0.2, -0.15) is 5.10 Å². The van der Waals surface area contributed by atoms with Crippen molar-refractivity contribution in [3.63, 3.8) is 0 Å². The first-order valence-electron chi connectivity index (χ1n) is 13.7. The highest BCUT2D eigenvalue weighted by atomic mass is 16.5. The van der Waals surface area contributed by atoms with Crippen molar-refractivity contribution in [2.75, 3.05) is 51.3 Å². The highest BCUT2D eigenvalue weighted by Crippen LogP contribution is 2.40. The first-order valence-corrected chi connectivity index (χ1v) is 13.7. The maximum absolute atomic E-state index is 12.5. The lowest BCUT2D eigenvalue weighted by Crippen LogP contribution is -2.49. The zero-order chi connectivity index (χ0) is 24.9. The standard InChI is InChI=1S/C29H39N5O2/c1-21(2)33-13-11-29(20-33,36-3)25-8-6-22(7-9-25)24-18-27-26(10-12-30-34(27)19-24)31-14-16-32(17-15-31)28(35)23-4-5-23/h6-8,10,12,18-19,21,23,25H,4-5,9,11,13-17,20H2,1-3H3/t25?,29-/m1/s1. The fourth-order valence-corrected chi connectivity index (χ4v) is 6.30. The van der Waals surface area contributed by atoms with Crippen molar-refractivity contribution in [1.29, 1.82) is 0 Å². The van der Waals surface area contributed by atoms with Gasteiger partial charge in [0.05, 0.1) is 16.8 Å². The lowest BCUT2D eigenvalue weighted by atomic mass is 9.80. The van der Waals surface area contributed by atoms with E-state index in [-0.39, 0.29) is 5.60 Å². The third-order valence-electron chi connectivity index (χ3n) is 8.88. The number of nitrogens with zero attached hydrogens (tertiary/aromatic N) is 5. The Bertz CT molecular complexity index is 1190. The molecule has 0 bridgehead atoms. The number of fused-ring (bicyclic) bond motifs is 1. The van der Waals surface area contributed by atoms with Gasteiger partial charge in [0.15, 0.2) is 0 Å². The molecule has 7 heteroatoms. The number of methoxy groups -OCH3 is 1. The second-order valence-corrected chi connectivity index (χ2v) is 11.3. The van der Waals surface area contributed by atoms with E-state index < -0.39 is 0 Å². The van der Waals surface area contributed by atoms with Gasteiger partial charge in [-0.3, -0.25) is 9.69 Å². The predicted molar refractivity (Wildman–Crippen MR) is 143 cm³/mol. The molecule has 1 unspecified atom stereocenters. The van der Waals surface area contributed by atoms with Gasteiger partial charge < -0.3 is 14.5 Å². The normalized spacial score (nSPS) is 27.3. The fourth-order valence-electron chi connectivity index (χ4n) is 6.30. The van der Waals surface area contributed by atoms with Crippen LogP contribution < -0.4 is 4.90 Å². The third kappa shape index (κ3) is 4.26. The average molecular weight is 490 g/mol. The number of ether oxygens (including phenoxy) is 1. The topological polar surface area (TPSA) is 53.3 Å². The SMILES string of the molecule is CO[C@]1(C2C=CC(c3cc4c(N5CCN(C(=O)C6CC6)CC5)ccnn4c3)=CC2)CCN(C(C)C)C1. The van der Waals surface area contributed by atoms with E-state index in [1.165, 1.54) is 16.8 Å². The van der Waals surface area contributed by atoms with Crippen LogP contribution >= 0.6 is 0 Å². The smallest absolute Gasteiger partial charge is 0.225 e. The molecule has 0 N–H and O–H groups in total. The van der Waals surface area contributed by atoms with Gasteiger partial charge in [-0.15, -0.1) is 0 Å². The molecular formula is C29H39N5O2. The summed E-state index contributed by atoms with van der Waals surface area (Å²) in [6.45, 7) is 10.0. The minimum Gasteiger partial charge on any atom is -0.376 e. The summed E-state index contributed by atoms with van der Waals surface area (Å²) in [5, 5.41) is 4.60.